The molecular weight excluding hydrogens is 367 g/mol. The topological polar surface area (TPSA) is 56.3 Å². The van der Waals surface area contributed by atoms with E-state index < -0.39 is 11.6 Å². The summed E-state index contributed by atoms with van der Waals surface area (Å²) in [4.78, 5) is 16.7. The predicted molar refractivity (Wildman–Crippen MR) is 114 cm³/mol. The van der Waals surface area contributed by atoms with E-state index in [1.54, 1.807) is 6.08 Å². The fourth-order valence-corrected chi connectivity index (χ4v) is 4.83. The van der Waals surface area contributed by atoms with Gasteiger partial charge < -0.3 is 10.1 Å². The number of nitrogens with zero attached hydrogens (tertiary/aromatic N) is 1. The third-order valence-corrected chi connectivity index (χ3v) is 6.56. The van der Waals surface area contributed by atoms with E-state index in [2.05, 4.69) is 41.6 Å². The van der Waals surface area contributed by atoms with Crippen molar-refractivity contribution >= 4 is 16.9 Å². The van der Waals surface area contributed by atoms with E-state index in [0.29, 0.717) is 25.8 Å². The van der Waals surface area contributed by atoms with Crippen molar-refractivity contribution in [3.63, 3.8) is 0 Å². The first-order valence-corrected chi connectivity index (χ1v) is 10.5. The molecule has 154 valence electrons. The van der Waals surface area contributed by atoms with Crippen molar-refractivity contribution < 1.29 is 14.3 Å². The number of H-pyrrole nitrogens is 1. The van der Waals surface area contributed by atoms with Gasteiger partial charge in [-0.2, -0.15) is 0 Å². The van der Waals surface area contributed by atoms with Gasteiger partial charge in [-0.1, -0.05) is 36.4 Å². The molecule has 2 atom stereocenters. The molecule has 1 saturated carbocycles. The third kappa shape index (κ3) is 4.01. The van der Waals surface area contributed by atoms with Crippen molar-refractivity contribution in [1.82, 2.24) is 9.88 Å². The molecule has 0 amide bonds. The summed E-state index contributed by atoms with van der Waals surface area (Å²) in [5.41, 5.74) is 3.35. The molecule has 1 aromatic heterocycles. The lowest BCUT2D eigenvalue weighted by Crippen LogP contribution is -2.51. The molecule has 2 unspecified atom stereocenters. The molecule has 2 heterocycles. The Morgan fingerprint density at radius 2 is 2.14 bits per heavy atom. The van der Waals surface area contributed by atoms with Gasteiger partial charge in [0.2, 0.25) is 0 Å². The third-order valence-electron chi connectivity index (χ3n) is 6.56. The minimum absolute atomic E-state index is 0.0735. The van der Waals surface area contributed by atoms with E-state index in [1.165, 1.54) is 16.6 Å². The fraction of sp³-hybridized carbons (Fsp3) is 0.458. The minimum Gasteiger partial charge on any atom is -0.478 e. The zero-order valence-corrected chi connectivity index (χ0v) is 17.0. The molecule has 2 aliphatic rings. The molecule has 2 N–H and O–H groups in total. The number of allylic oxidation sites excluding steroid dienone is 2. The smallest absolute Gasteiger partial charge is 0.328 e. The summed E-state index contributed by atoms with van der Waals surface area (Å²) in [7, 11) is 0. The predicted octanol–water partition coefficient (Wildman–Crippen LogP) is 5.33. The number of rotatable bonds is 7. The van der Waals surface area contributed by atoms with Gasteiger partial charge in [0.25, 0.3) is 0 Å². The molecule has 2 aromatic rings. The number of aromatic nitrogens is 1. The number of aromatic amines is 1. The number of carboxylic acid groups (broad SMARTS) is 1. The van der Waals surface area contributed by atoms with Gasteiger partial charge in [0.05, 0.1) is 6.04 Å². The van der Waals surface area contributed by atoms with Crippen LogP contribution in [0.2, 0.25) is 0 Å². The number of hydrogen-bond acceptors (Lipinski definition) is 2. The van der Waals surface area contributed by atoms with Crippen molar-refractivity contribution in [2.45, 2.75) is 63.2 Å². The number of carbonyl (C=O) groups is 1. The number of hydrogen-bond donors (Lipinski definition) is 2. The molecule has 1 aliphatic heterocycles. The van der Waals surface area contributed by atoms with Crippen molar-refractivity contribution in [3.05, 3.63) is 59.8 Å². The molecule has 4 rings (SSSR count). The zero-order chi connectivity index (χ0) is 20.6. The van der Waals surface area contributed by atoms with Crippen LogP contribution < -0.4 is 0 Å². The molecular formula is C24H29FN2O2. The number of fused-ring (bicyclic) bond motifs is 3. The van der Waals surface area contributed by atoms with Crippen LogP contribution in [-0.4, -0.2) is 39.2 Å². The van der Waals surface area contributed by atoms with Crippen LogP contribution in [0.1, 0.15) is 56.3 Å². The van der Waals surface area contributed by atoms with Crippen LogP contribution in [0, 0.1) is 0 Å². The van der Waals surface area contributed by atoms with E-state index in [9.17, 15) is 4.79 Å². The van der Waals surface area contributed by atoms with Crippen LogP contribution in [0.4, 0.5) is 4.39 Å². The molecule has 1 aromatic carbocycles. The lowest BCUT2D eigenvalue weighted by atomic mass is 9.79. The lowest BCUT2D eigenvalue weighted by molar-refractivity contribution is -0.131. The fourth-order valence-electron chi connectivity index (χ4n) is 4.83. The Labute approximate surface area is 171 Å². The van der Waals surface area contributed by atoms with Gasteiger partial charge in [-0.05, 0) is 57.1 Å². The first kappa shape index (κ1) is 19.9. The Kier molecular flexibility index (Phi) is 5.34. The Morgan fingerprint density at radius 3 is 2.83 bits per heavy atom. The summed E-state index contributed by atoms with van der Waals surface area (Å²) in [5.74, 6) is -0.971. The summed E-state index contributed by atoms with van der Waals surface area (Å²) < 4.78 is 15.1. The molecule has 29 heavy (non-hydrogen) atoms. The number of halogens is 1. The summed E-state index contributed by atoms with van der Waals surface area (Å²) in [6.07, 6.45) is 7.32. The average Bonchev–Trinajstić information content (AvgIpc) is 3.03. The number of nitrogens with one attached hydrogen (secondary N) is 1. The summed E-state index contributed by atoms with van der Waals surface area (Å²) in [6, 6.07) is 8.67. The molecule has 1 aliphatic carbocycles. The second-order valence-electron chi connectivity index (χ2n) is 8.68. The Morgan fingerprint density at radius 1 is 1.38 bits per heavy atom. The maximum atomic E-state index is 15.1. The van der Waals surface area contributed by atoms with Gasteiger partial charge in [0, 0.05) is 35.3 Å². The maximum absolute atomic E-state index is 15.1. The molecule has 5 heteroatoms. The van der Waals surface area contributed by atoms with E-state index in [1.807, 2.05) is 6.07 Å². The molecule has 0 radical (unpaired) electrons. The standard InChI is InChI=1S/C24H29FN2O2/c1-16(9-11-22(28)29)8-10-21-23-19(18-6-3-4-7-20(18)26-23)14-17(2)27(21)15-24(25)12-5-13-24/h3-4,6-7,9,11,17,21,26H,1,5,8,10,12-15H2,2H3,(H,28,29)/b11-9+. The van der Waals surface area contributed by atoms with Gasteiger partial charge in [0.15, 0.2) is 0 Å². The molecule has 4 nitrogen and oxygen atoms in total. The molecule has 0 bridgehead atoms. The highest BCUT2D eigenvalue weighted by Gasteiger charge is 2.43. The largest absolute Gasteiger partial charge is 0.478 e. The Bertz CT molecular complexity index is 957. The van der Waals surface area contributed by atoms with Crippen LogP contribution in [0.25, 0.3) is 10.9 Å². The Hall–Kier alpha value is -2.40. The lowest BCUT2D eigenvalue weighted by Gasteiger charge is -2.46. The van der Waals surface area contributed by atoms with Gasteiger partial charge >= 0.3 is 5.97 Å². The average molecular weight is 397 g/mol. The van der Waals surface area contributed by atoms with Crippen molar-refractivity contribution in [3.8, 4) is 0 Å². The summed E-state index contributed by atoms with van der Waals surface area (Å²) in [6.45, 7) is 6.66. The Balaban J connectivity index is 1.64. The van der Waals surface area contributed by atoms with Gasteiger partial charge in [-0.3, -0.25) is 4.90 Å². The SMILES string of the molecule is C=C(/C=C/C(=O)O)CCC1c2[nH]c3ccccc3c2CC(C)N1CC1(F)CCC1. The van der Waals surface area contributed by atoms with Crippen LogP contribution in [0.15, 0.2) is 48.6 Å². The van der Waals surface area contributed by atoms with Crippen molar-refractivity contribution in [2.24, 2.45) is 0 Å². The van der Waals surface area contributed by atoms with Gasteiger partial charge in [-0.25, -0.2) is 9.18 Å². The first-order chi connectivity index (χ1) is 13.9. The highest BCUT2D eigenvalue weighted by atomic mass is 19.1. The molecule has 0 saturated heterocycles. The molecule has 0 spiro atoms. The van der Waals surface area contributed by atoms with E-state index in [0.717, 1.165) is 36.4 Å². The second-order valence-corrected chi connectivity index (χ2v) is 8.68. The van der Waals surface area contributed by atoms with E-state index >= 15 is 4.39 Å². The van der Waals surface area contributed by atoms with Crippen LogP contribution in [-0.2, 0) is 11.2 Å². The number of benzene rings is 1. The minimum atomic E-state index is -1.07. The highest BCUT2D eigenvalue weighted by Crippen LogP contribution is 2.44. The van der Waals surface area contributed by atoms with Gasteiger partial charge in [0.1, 0.15) is 5.67 Å². The first-order valence-electron chi connectivity index (χ1n) is 10.5. The maximum Gasteiger partial charge on any atom is 0.328 e. The summed E-state index contributed by atoms with van der Waals surface area (Å²) in [5, 5.41) is 10.1. The number of para-hydroxylation sites is 1. The number of carboxylic acids is 1. The van der Waals surface area contributed by atoms with Crippen LogP contribution in [0.5, 0.6) is 0 Å². The van der Waals surface area contributed by atoms with Crippen LogP contribution >= 0.6 is 0 Å². The summed E-state index contributed by atoms with van der Waals surface area (Å²) >= 11 is 0. The highest BCUT2D eigenvalue weighted by molar-refractivity contribution is 5.85. The van der Waals surface area contributed by atoms with E-state index in [4.69, 9.17) is 5.11 Å². The van der Waals surface area contributed by atoms with E-state index in [-0.39, 0.29) is 12.1 Å². The molecule has 1 fully saturated rings. The van der Waals surface area contributed by atoms with Crippen molar-refractivity contribution in [1.29, 1.82) is 0 Å². The van der Waals surface area contributed by atoms with Crippen LogP contribution in [0.3, 0.4) is 0 Å². The monoisotopic (exact) mass is 396 g/mol. The zero-order valence-electron chi connectivity index (χ0n) is 17.0. The van der Waals surface area contributed by atoms with Crippen molar-refractivity contribution in [2.75, 3.05) is 6.54 Å². The number of aliphatic carboxylic acids is 1. The van der Waals surface area contributed by atoms with Gasteiger partial charge in [-0.15, -0.1) is 0 Å². The second kappa shape index (κ2) is 7.79. The number of alkyl halides is 1. The quantitative estimate of drug-likeness (QED) is 0.492. The normalized spacial score (nSPS) is 23.8.